The molecular weight excluding hydrogens is 266 g/mol. The Morgan fingerprint density at radius 1 is 1.44 bits per heavy atom. The standard InChI is InChI=1S/C9H10ClF4NS/c1-5(6-2-3-7(10)16-6)15-4-9(13,14)8(11)12/h2-3,5,8,15H,4H2,1H3. The van der Waals surface area contributed by atoms with E-state index >= 15 is 0 Å². The van der Waals surface area contributed by atoms with Gasteiger partial charge in [0.1, 0.15) is 0 Å². The van der Waals surface area contributed by atoms with E-state index < -0.39 is 24.9 Å². The molecule has 0 saturated heterocycles. The predicted molar refractivity (Wildman–Crippen MR) is 56.7 cm³/mol. The van der Waals surface area contributed by atoms with Crippen molar-refractivity contribution in [1.29, 1.82) is 0 Å². The van der Waals surface area contributed by atoms with Gasteiger partial charge in [-0.1, -0.05) is 11.6 Å². The Hall–Kier alpha value is -0.330. The lowest BCUT2D eigenvalue weighted by Gasteiger charge is -2.19. The van der Waals surface area contributed by atoms with Crippen LogP contribution in [0, 0.1) is 0 Å². The zero-order valence-corrected chi connectivity index (χ0v) is 9.89. The number of thiophene rings is 1. The van der Waals surface area contributed by atoms with Gasteiger partial charge in [0, 0.05) is 10.9 Å². The van der Waals surface area contributed by atoms with Crippen LogP contribution in [0.3, 0.4) is 0 Å². The molecule has 0 bridgehead atoms. The normalized spacial score (nSPS) is 14.4. The first kappa shape index (κ1) is 13.7. The summed E-state index contributed by atoms with van der Waals surface area (Å²) in [6, 6.07) is 2.87. The Balaban J connectivity index is 2.50. The second kappa shape index (κ2) is 5.33. The Kier molecular flexibility index (Phi) is 4.58. The van der Waals surface area contributed by atoms with Crippen LogP contribution in [0.25, 0.3) is 0 Å². The topological polar surface area (TPSA) is 12.0 Å². The third kappa shape index (κ3) is 3.61. The zero-order valence-electron chi connectivity index (χ0n) is 8.31. The smallest absolute Gasteiger partial charge is 0.304 e. The van der Waals surface area contributed by atoms with Gasteiger partial charge in [-0.25, -0.2) is 8.78 Å². The Morgan fingerprint density at radius 3 is 2.50 bits per heavy atom. The minimum absolute atomic E-state index is 0.429. The number of halogens is 5. The molecule has 92 valence electrons. The first-order valence-electron chi connectivity index (χ1n) is 4.47. The van der Waals surface area contributed by atoms with Crippen LogP contribution in [0.4, 0.5) is 17.6 Å². The highest BCUT2D eigenvalue weighted by Crippen LogP contribution is 2.28. The quantitative estimate of drug-likeness (QED) is 0.802. The minimum Gasteiger partial charge on any atom is -0.304 e. The van der Waals surface area contributed by atoms with Gasteiger partial charge in [-0.05, 0) is 19.1 Å². The molecule has 1 aromatic rings. The molecule has 1 N–H and O–H groups in total. The SMILES string of the molecule is CC(NCC(F)(F)C(F)F)c1ccc(Cl)s1. The summed E-state index contributed by atoms with van der Waals surface area (Å²) in [4.78, 5) is 0.732. The van der Waals surface area contributed by atoms with Gasteiger partial charge in [0.2, 0.25) is 0 Å². The maximum absolute atomic E-state index is 12.6. The molecule has 0 aromatic carbocycles. The first-order chi connectivity index (χ1) is 7.33. The van der Waals surface area contributed by atoms with E-state index in [1.165, 1.54) is 11.3 Å². The molecular formula is C9H10ClF4NS. The van der Waals surface area contributed by atoms with E-state index in [1.54, 1.807) is 19.1 Å². The summed E-state index contributed by atoms with van der Waals surface area (Å²) in [6.45, 7) is 0.561. The molecule has 16 heavy (non-hydrogen) atoms. The molecule has 1 unspecified atom stereocenters. The van der Waals surface area contributed by atoms with Gasteiger partial charge >= 0.3 is 12.3 Å². The Morgan fingerprint density at radius 2 is 2.06 bits per heavy atom. The van der Waals surface area contributed by atoms with Crippen LogP contribution in [0.1, 0.15) is 17.8 Å². The van der Waals surface area contributed by atoms with Crippen LogP contribution in [0.5, 0.6) is 0 Å². The molecule has 0 radical (unpaired) electrons. The second-order valence-electron chi connectivity index (χ2n) is 3.31. The fourth-order valence-corrected chi connectivity index (χ4v) is 2.12. The number of alkyl halides is 4. The van der Waals surface area contributed by atoms with Crippen molar-refractivity contribution in [2.45, 2.75) is 25.3 Å². The summed E-state index contributed by atoms with van der Waals surface area (Å²) < 4.78 is 49.4. The Bertz CT molecular complexity index is 342. The van der Waals surface area contributed by atoms with Gasteiger partial charge in [-0.3, -0.25) is 0 Å². The largest absolute Gasteiger partial charge is 0.319 e. The van der Waals surface area contributed by atoms with Gasteiger partial charge < -0.3 is 5.32 Å². The molecule has 0 fully saturated rings. The monoisotopic (exact) mass is 275 g/mol. The van der Waals surface area contributed by atoms with Gasteiger partial charge in [0.15, 0.2) is 0 Å². The van der Waals surface area contributed by atoms with Crippen LogP contribution in [0.15, 0.2) is 12.1 Å². The molecule has 0 aliphatic heterocycles. The summed E-state index contributed by atoms with van der Waals surface area (Å²) in [7, 11) is 0. The fourth-order valence-electron chi connectivity index (χ4n) is 1.03. The van der Waals surface area contributed by atoms with Gasteiger partial charge in [-0.2, -0.15) is 8.78 Å². The van der Waals surface area contributed by atoms with Gasteiger partial charge in [0.25, 0.3) is 0 Å². The average molecular weight is 276 g/mol. The van der Waals surface area contributed by atoms with E-state index in [-0.39, 0.29) is 0 Å². The highest BCUT2D eigenvalue weighted by atomic mass is 35.5. The zero-order chi connectivity index (χ0) is 12.3. The number of hydrogen-bond donors (Lipinski definition) is 1. The van der Waals surface area contributed by atoms with Crippen molar-refractivity contribution in [3.63, 3.8) is 0 Å². The van der Waals surface area contributed by atoms with Crippen LogP contribution in [-0.2, 0) is 0 Å². The number of nitrogens with one attached hydrogen (secondary N) is 1. The molecule has 0 saturated carbocycles. The minimum atomic E-state index is -4.00. The average Bonchev–Trinajstić information content (AvgIpc) is 2.61. The molecule has 0 amide bonds. The molecule has 1 nitrogen and oxygen atoms in total. The third-order valence-corrected chi connectivity index (χ3v) is 3.40. The lowest BCUT2D eigenvalue weighted by atomic mass is 10.2. The molecule has 1 heterocycles. The van der Waals surface area contributed by atoms with Crippen molar-refractivity contribution in [2.24, 2.45) is 0 Å². The molecule has 1 atom stereocenters. The first-order valence-corrected chi connectivity index (χ1v) is 5.67. The molecule has 1 aromatic heterocycles. The van der Waals surface area contributed by atoms with Gasteiger partial charge in [-0.15, -0.1) is 11.3 Å². The van der Waals surface area contributed by atoms with Crippen molar-refractivity contribution >= 4 is 22.9 Å². The van der Waals surface area contributed by atoms with E-state index in [2.05, 4.69) is 5.32 Å². The summed E-state index contributed by atoms with van der Waals surface area (Å²) in [5.74, 6) is -4.00. The fraction of sp³-hybridized carbons (Fsp3) is 0.556. The summed E-state index contributed by atoms with van der Waals surface area (Å²) in [5, 5.41) is 2.36. The van der Waals surface area contributed by atoms with E-state index in [4.69, 9.17) is 11.6 Å². The van der Waals surface area contributed by atoms with E-state index in [0.29, 0.717) is 4.34 Å². The lowest BCUT2D eigenvalue weighted by molar-refractivity contribution is -0.126. The van der Waals surface area contributed by atoms with Crippen LogP contribution in [0.2, 0.25) is 4.34 Å². The van der Waals surface area contributed by atoms with Crippen molar-refractivity contribution < 1.29 is 17.6 Å². The van der Waals surface area contributed by atoms with E-state index in [0.717, 1.165) is 4.88 Å². The number of rotatable bonds is 5. The summed E-state index contributed by atoms with van der Waals surface area (Å²) >= 11 is 6.89. The number of hydrogen-bond acceptors (Lipinski definition) is 2. The lowest BCUT2D eigenvalue weighted by Crippen LogP contribution is -2.39. The molecule has 0 spiro atoms. The van der Waals surface area contributed by atoms with Crippen LogP contribution in [-0.4, -0.2) is 18.9 Å². The van der Waals surface area contributed by atoms with E-state index in [9.17, 15) is 17.6 Å². The van der Waals surface area contributed by atoms with Crippen molar-refractivity contribution in [1.82, 2.24) is 5.32 Å². The van der Waals surface area contributed by atoms with Gasteiger partial charge in [0.05, 0.1) is 10.9 Å². The molecule has 0 aliphatic carbocycles. The molecule has 1 rings (SSSR count). The maximum atomic E-state index is 12.6. The molecule has 0 aliphatic rings. The summed E-state index contributed by atoms with van der Waals surface area (Å²) in [6.07, 6.45) is -3.65. The predicted octanol–water partition coefficient (Wildman–Crippen LogP) is 3.95. The highest BCUT2D eigenvalue weighted by molar-refractivity contribution is 7.16. The van der Waals surface area contributed by atoms with Crippen molar-refractivity contribution in [2.75, 3.05) is 6.54 Å². The second-order valence-corrected chi connectivity index (χ2v) is 5.05. The van der Waals surface area contributed by atoms with Crippen LogP contribution >= 0.6 is 22.9 Å². The van der Waals surface area contributed by atoms with Crippen molar-refractivity contribution in [3.8, 4) is 0 Å². The van der Waals surface area contributed by atoms with Crippen molar-refractivity contribution in [3.05, 3.63) is 21.3 Å². The van der Waals surface area contributed by atoms with E-state index in [1.807, 2.05) is 0 Å². The maximum Gasteiger partial charge on any atom is 0.319 e. The Labute approximate surface area is 99.4 Å². The highest BCUT2D eigenvalue weighted by Gasteiger charge is 2.40. The third-order valence-electron chi connectivity index (χ3n) is 1.98. The molecule has 7 heteroatoms. The summed E-state index contributed by atoms with van der Waals surface area (Å²) in [5.41, 5.74) is 0. The van der Waals surface area contributed by atoms with Crippen LogP contribution < -0.4 is 5.32 Å².